The number of rotatable bonds is 4. The number of hydrogen-bond donors (Lipinski definition) is 3. The second-order valence-electron chi connectivity index (χ2n) is 3.88. The number of aromatic hydroxyl groups is 1. The summed E-state index contributed by atoms with van der Waals surface area (Å²) >= 11 is -2.51. The molecule has 0 spiro atoms. The van der Waals surface area contributed by atoms with Crippen LogP contribution in [-0.2, 0) is 11.3 Å². The van der Waals surface area contributed by atoms with E-state index in [9.17, 15) is 13.6 Å². The standard InChI is InChI=1S/C13H12N2O4S/c16-10-7-5-9(6-8-10)14-13(17)11-3-1-2-4-12(11)15-20(18)19/h1-8,15-16H,(H,14,17)(H,18,19)/p-1. The van der Waals surface area contributed by atoms with Crippen LogP contribution in [0, 0.1) is 0 Å². The Kier molecular flexibility index (Phi) is 4.34. The van der Waals surface area contributed by atoms with Crippen molar-refractivity contribution in [2.75, 3.05) is 10.0 Å². The first kappa shape index (κ1) is 14.0. The molecule has 2 rings (SSSR count). The van der Waals surface area contributed by atoms with Crippen molar-refractivity contribution >= 4 is 28.5 Å². The van der Waals surface area contributed by atoms with Crippen molar-refractivity contribution in [3.8, 4) is 5.75 Å². The normalized spacial score (nSPS) is 11.7. The van der Waals surface area contributed by atoms with Crippen molar-refractivity contribution in [2.24, 2.45) is 0 Å². The molecule has 1 unspecified atom stereocenters. The summed E-state index contributed by atoms with van der Waals surface area (Å²) in [5, 5.41) is 11.8. The predicted octanol–water partition coefficient (Wildman–Crippen LogP) is 1.85. The highest BCUT2D eigenvalue weighted by atomic mass is 32.2. The average molecular weight is 291 g/mol. The number of amides is 1. The molecule has 1 atom stereocenters. The molecule has 0 aliphatic heterocycles. The van der Waals surface area contributed by atoms with Gasteiger partial charge in [0.2, 0.25) is 0 Å². The summed E-state index contributed by atoms with van der Waals surface area (Å²) < 4.78 is 23.5. The van der Waals surface area contributed by atoms with Gasteiger partial charge in [-0.3, -0.25) is 9.00 Å². The number of nitrogens with one attached hydrogen (secondary N) is 2. The Labute approximate surface area is 117 Å². The third-order valence-corrected chi connectivity index (χ3v) is 2.88. The smallest absolute Gasteiger partial charge is 0.257 e. The molecule has 0 fully saturated rings. The summed E-state index contributed by atoms with van der Waals surface area (Å²) in [5.74, 6) is -0.365. The lowest BCUT2D eigenvalue weighted by Crippen LogP contribution is -2.15. The highest BCUT2D eigenvalue weighted by Gasteiger charge is 2.11. The van der Waals surface area contributed by atoms with Crippen molar-refractivity contribution in [3.63, 3.8) is 0 Å². The zero-order chi connectivity index (χ0) is 14.5. The van der Waals surface area contributed by atoms with Gasteiger partial charge in [0.05, 0.1) is 11.3 Å². The molecule has 0 aliphatic rings. The second-order valence-corrected chi connectivity index (χ2v) is 4.56. The molecular formula is C13H11N2O4S-. The lowest BCUT2D eigenvalue weighted by molar-refractivity contribution is 0.102. The number of benzene rings is 2. The SMILES string of the molecule is O=C(Nc1ccc(O)cc1)c1ccccc1NS(=O)[O-]. The average Bonchev–Trinajstić information content (AvgIpc) is 2.41. The topological polar surface area (TPSA) is 101 Å². The monoisotopic (exact) mass is 291 g/mol. The fourth-order valence-electron chi connectivity index (χ4n) is 1.60. The fraction of sp³-hybridized carbons (Fsp3) is 0. The van der Waals surface area contributed by atoms with Crippen LogP contribution in [0.5, 0.6) is 5.75 Å². The molecule has 6 nitrogen and oxygen atoms in total. The van der Waals surface area contributed by atoms with Gasteiger partial charge in [-0.1, -0.05) is 12.1 Å². The molecule has 104 valence electrons. The minimum absolute atomic E-state index is 0.0896. The van der Waals surface area contributed by atoms with Gasteiger partial charge >= 0.3 is 0 Å². The van der Waals surface area contributed by atoms with E-state index in [4.69, 9.17) is 5.11 Å². The number of carbonyl (C=O) groups is 1. The number of anilines is 2. The molecule has 0 aliphatic carbocycles. The summed E-state index contributed by atoms with van der Waals surface area (Å²) in [5.41, 5.74) is 0.882. The molecular weight excluding hydrogens is 280 g/mol. The number of phenolic OH excluding ortho intramolecular Hbond substituents is 1. The Morgan fingerprint density at radius 1 is 1.10 bits per heavy atom. The van der Waals surface area contributed by atoms with Gasteiger partial charge in [-0.25, -0.2) is 0 Å². The van der Waals surface area contributed by atoms with E-state index >= 15 is 0 Å². The first-order valence-corrected chi connectivity index (χ1v) is 6.69. The van der Waals surface area contributed by atoms with Crippen molar-refractivity contribution < 1.29 is 18.7 Å². The van der Waals surface area contributed by atoms with Gasteiger partial charge in [-0.2, -0.15) is 0 Å². The Hall–Kier alpha value is -2.38. The summed E-state index contributed by atoms with van der Waals surface area (Å²) in [6.07, 6.45) is 0. The maximum atomic E-state index is 12.1. The fourth-order valence-corrected chi connectivity index (χ4v) is 1.96. The van der Waals surface area contributed by atoms with E-state index in [1.165, 1.54) is 36.4 Å². The van der Waals surface area contributed by atoms with Crippen LogP contribution in [0.3, 0.4) is 0 Å². The molecule has 2 aromatic rings. The lowest BCUT2D eigenvalue weighted by Gasteiger charge is -2.13. The Morgan fingerprint density at radius 3 is 2.40 bits per heavy atom. The molecule has 20 heavy (non-hydrogen) atoms. The third-order valence-electron chi connectivity index (χ3n) is 2.49. The van der Waals surface area contributed by atoms with Crippen molar-refractivity contribution in [1.82, 2.24) is 0 Å². The van der Waals surface area contributed by atoms with Crippen LogP contribution in [0.1, 0.15) is 10.4 Å². The first-order chi connectivity index (χ1) is 9.56. The minimum atomic E-state index is -2.51. The summed E-state index contributed by atoms with van der Waals surface area (Å²) in [6.45, 7) is 0. The summed E-state index contributed by atoms with van der Waals surface area (Å²) in [6, 6.07) is 12.2. The van der Waals surface area contributed by atoms with Crippen LogP contribution >= 0.6 is 0 Å². The van der Waals surface area contributed by atoms with E-state index in [2.05, 4.69) is 10.0 Å². The van der Waals surface area contributed by atoms with Gasteiger partial charge in [0.15, 0.2) is 0 Å². The quantitative estimate of drug-likeness (QED) is 0.591. The highest BCUT2D eigenvalue weighted by molar-refractivity contribution is 7.80. The first-order valence-electron chi connectivity index (χ1n) is 5.61. The molecule has 0 heterocycles. The van der Waals surface area contributed by atoms with Crippen LogP contribution in [0.4, 0.5) is 11.4 Å². The maximum Gasteiger partial charge on any atom is 0.257 e. The zero-order valence-electron chi connectivity index (χ0n) is 10.2. The Balaban J connectivity index is 2.20. The molecule has 2 aromatic carbocycles. The number of phenols is 1. The minimum Gasteiger partial charge on any atom is -0.755 e. The van der Waals surface area contributed by atoms with Crippen molar-refractivity contribution in [3.05, 3.63) is 54.1 Å². The Bertz CT molecular complexity index is 643. The molecule has 0 aromatic heterocycles. The van der Waals surface area contributed by atoms with Crippen molar-refractivity contribution in [2.45, 2.75) is 0 Å². The van der Waals surface area contributed by atoms with E-state index in [0.717, 1.165) is 0 Å². The van der Waals surface area contributed by atoms with E-state index < -0.39 is 17.2 Å². The van der Waals surface area contributed by atoms with E-state index in [-0.39, 0.29) is 17.0 Å². The zero-order valence-corrected chi connectivity index (χ0v) is 11.0. The van der Waals surface area contributed by atoms with E-state index in [1.54, 1.807) is 12.1 Å². The molecule has 1 amide bonds. The Morgan fingerprint density at radius 2 is 1.75 bits per heavy atom. The molecule has 0 saturated carbocycles. The largest absolute Gasteiger partial charge is 0.755 e. The number of para-hydroxylation sites is 1. The molecule has 0 saturated heterocycles. The highest BCUT2D eigenvalue weighted by Crippen LogP contribution is 2.19. The van der Waals surface area contributed by atoms with Gasteiger partial charge in [-0.15, -0.1) is 0 Å². The van der Waals surface area contributed by atoms with Gasteiger partial charge < -0.3 is 19.7 Å². The number of hydrogen-bond acceptors (Lipinski definition) is 4. The van der Waals surface area contributed by atoms with E-state index in [1.807, 2.05) is 0 Å². The summed E-state index contributed by atoms with van der Waals surface area (Å²) in [7, 11) is 0. The van der Waals surface area contributed by atoms with Crippen molar-refractivity contribution in [1.29, 1.82) is 0 Å². The van der Waals surface area contributed by atoms with Gasteiger partial charge in [0, 0.05) is 17.0 Å². The van der Waals surface area contributed by atoms with Crippen LogP contribution < -0.4 is 10.0 Å². The molecule has 0 bridgehead atoms. The maximum absolute atomic E-state index is 12.1. The molecule has 3 N–H and O–H groups in total. The van der Waals surface area contributed by atoms with E-state index in [0.29, 0.717) is 5.69 Å². The van der Waals surface area contributed by atoms with Crippen LogP contribution in [0.2, 0.25) is 0 Å². The molecule has 0 radical (unpaired) electrons. The second kappa shape index (κ2) is 6.18. The predicted molar refractivity (Wildman–Crippen MR) is 75.0 cm³/mol. The summed E-state index contributed by atoms with van der Waals surface area (Å²) in [4.78, 5) is 12.1. The molecule has 7 heteroatoms. The number of carbonyl (C=O) groups excluding carboxylic acids is 1. The van der Waals surface area contributed by atoms with Crippen LogP contribution in [-0.4, -0.2) is 19.8 Å². The van der Waals surface area contributed by atoms with Crippen LogP contribution in [0.25, 0.3) is 0 Å². The third kappa shape index (κ3) is 3.56. The van der Waals surface area contributed by atoms with Gasteiger partial charge in [-0.05, 0) is 36.4 Å². The lowest BCUT2D eigenvalue weighted by atomic mass is 10.1. The van der Waals surface area contributed by atoms with Gasteiger partial charge in [0.1, 0.15) is 5.75 Å². The van der Waals surface area contributed by atoms with Gasteiger partial charge in [0.25, 0.3) is 5.91 Å². The van der Waals surface area contributed by atoms with Crippen LogP contribution in [0.15, 0.2) is 48.5 Å².